The molecule has 7 heteroatoms. The van der Waals surface area contributed by atoms with Crippen molar-refractivity contribution in [2.45, 2.75) is 32.7 Å². The third-order valence-corrected chi connectivity index (χ3v) is 4.68. The SMILES string of the molecule is Cc1c(C(=O)NCc2ccccc2)cnn1-c1nc2c(c(=O)[nH]1)CCC2. The number of amides is 1. The molecule has 26 heavy (non-hydrogen) atoms. The predicted octanol–water partition coefficient (Wildman–Crippen LogP) is 1.68. The number of aryl methyl sites for hydroxylation is 1. The topological polar surface area (TPSA) is 92.7 Å². The highest BCUT2D eigenvalue weighted by Crippen LogP contribution is 2.18. The number of H-pyrrole nitrogens is 1. The van der Waals surface area contributed by atoms with Gasteiger partial charge in [0.1, 0.15) is 0 Å². The number of carbonyl (C=O) groups is 1. The summed E-state index contributed by atoms with van der Waals surface area (Å²) in [4.78, 5) is 32.0. The van der Waals surface area contributed by atoms with E-state index in [9.17, 15) is 9.59 Å². The van der Waals surface area contributed by atoms with Gasteiger partial charge in [0.15, 0.2) is 0 Å². The Bertz CT molecular complexity index is 1020. The van der Waals surface area contributed by atoms with Gasteiger partial charge in [0.2, 0.25) is 5.95 Å². The quantitative estimate of drug-likeness (QED) is 0.749. The van der Waals surface area contributed by atoms with Gasteiger partial charge in [0, 0.05) is 12.1 Å². The summed E-state index contributed by atoms with van der Waals surface area (Å²) in [6.07, 6.45) is 4.02. The Morgan fingerprint density at radius 2 is 2.08 bits per heavy atom. The number of aromatic nitrogens is 4. The van der Waals surface area contributed by atoms with Gasteiger partial charge in [-0.15, -0.1) is 0 Å². The molecule has 1 aliphatic carbocycles. The summed E-state index contributed by atoms with van der Waals surface area (Å²) in [5, 5.41) is 7.14. The van der Waals surface area contributed by atoms with E-state index in [2.05, 4.69) is 20.4 Å². The number of nitrogens with one attached hydrogen (secondary N) is 2. The summed E-state index contributed by atoms with van der Waals surface area (Å²) in [6.45, 7) is 2.23. The Balaban J connectivity index is 1.58. The molecule has 7 nitrogen and oxygen atoms in total. The third kappa shape index (κ3) is 2.92. The van der Waals surface area contributed by atoms with E-state index in [0.29, 0.717) is 23.8 Å². The van der Waals surface area contributed by atoms with Crippen LogP contribution in [-0.4, -0.2) is 25.7 Å². The highest BCUT2D eigenvalue weighted by Gasteiger charge is 2.20. The maximum atomic E-state index is 12.5. The second-order valence-electron chi connectivity index (χ2n) is 6.39. The van der Waals surface area contributed by atoms with Crippen LogP contribution in [0.5, 0.6) is 0 Å². The number of rotatable bonds is 4. The molecule has 0 aliphatic heterocycles. The first-order valence-electron chi connectivity index (χ1n) is 8.62. The zero-order chi connectivity index (χ0) is 18.1. The molecule has 2 N–H and O–H groups in total. The van der Waals surface area contributed by atoms with Crippen molar-refractivity contribution in [1.29, 1.82) is 0 Å². The molecule has 1 amide bonds. The molecule has 1 aromatic carbocycles. The second-order valence-corrected chi connectivity index (χ2v) is 6.39. The molecular weight excluding hydrogens is 330 g/mol. The van der Waals surface area contributed by atoms with Crippen LogP contribution in [-0.2, 0) is 19.4 Å². The molecule has 0 unspecified atom stereocenters. The zero-order valence-electron chi connectivity index (χ0n) is 14.5. The van der Waals surface area contributed by atoms with Gasteiger partial charge in [-0.2, -0.15) is 5.10 Å². The van der Waals surface area contributed by atoms with Crippen molar-refractivity contribution in [3.05, 3.63) is 75.0 Å². The minimum Gasteiger partial charge on any atom is -0.348 e. The number of hydrogen-bond donors (Lipinski definition) is 2. The lowest BCUT2D eigenvalue weighted by Crippen LogP contribution is -2.23. The molecule has 0 saturated carbocycles. The predicted molar refractivity (Wildman–Crippen MR) is 96.4 cm³/mol. The number of benzene rings is 1. The van der Waals surface area contributed by atoms with Crippen LogP contribution in [0.15, 0.2) is 41.3 Å². The number of aromatic amines is 1. The van der Waals surface area contributed by atoms with E-state index >= 15 is 0 Å². The van der Waals surface area contributed by atoms with Crippen molar-refractivity contribution in [2.24, 2.45) is 0 Å². The van der Waals surface area contributed by atoms with E-state index in [-0.39, 0.29) is 11.5 Å². The maximum Gasteiger partial charge on any atom is 0.255 e. The molecular formula is C19H19N5O2. The van der Waals surface area contributed by atoms with E-state index in [1.807, 2.05) is 30.3 Å². The first kappa shape index (κ1) is 16.3. The van der Waals surface area contributed by atoms with E-state index < -0.39 is 0 Å². The van der Waals surface area contributed by atoms with E-state index in [4.69, 9.17) is 0 Å². The van der Waals surface area contributed by atoms with Gasteiger partial charge >= 0.3 is 0 Å². The summed E-state index contributed by atoms with van der Waals surface area (Å²) >= 11 is 0. The summed E-state index contributed by atoms with van der Waals surface area (Å²) in [5.41, 5.74) is 3.59. The summed E-state index contributed by atoms with van der Waals surface area (Å²) < 4.78 is 1.51. The van der Waals surface area contributed by atoms with Crippen LogP contribution in [0.3, 0.4) is 0 Å². The number of carbonyl (C=O) groups excluding carboxylic acids is 1. The monoisotopic (exact) mass is 349 g/mol. The number of fused-ring (bicyclic) bond motifs is 1. The molecule has 1 aliphatic rings. The smallest absolute Gasteiger partial charge is 0.255 e. The minimum absolute atomic E-state index is 0.118. The average molecular weight is 349 g/mol. The highest BCUT2D eigenvalue weighted by atomic mass is 16.1. The maximum absolute atomic E-state index is 12.5. The summed E-state index contributed by atoms with van der Waals surface area (Å²) in [5.74, 6) is 0.149. The first-order valence-corrected chi connectivity index (χ1v) is 8.62. The largest absolute Gasteiger partial charge is 0.348 e. The van der Waals surface area contributed by atoms with Gasteiger partial charge in [-0.25, -0.2) is 9.67 Å². The number of hydrogen-bond acceptors (Lipinski definition) is 4. The van der Waals surface area contributed by atoms with Gasteiger partial charge < -0.3 is 5.32 Å². The van der Waals surface area contributed by atoms with Gasteiger partial charge in [-0.3, -0.25) is 14.6 Å². The third-order valence-electron chi connectivity index (χ3n) is 4.68. The van der Waals surface area contributed by atoms with Crippen molar-refractivity contribution in [1.82, 2.24) is 25.1 Å². The van der Waals surface area contributed by atoms with Gasteiger partial charge in [0.25, 0.3) is 11.5 Å². The second kappa shape index (κ2) is 6.59. The normalized spacial score (nSPS) is 12.8. The van der Waals surface area contributed by atoms with Gasteiger partial charge in [0.05, 0.1) is 23.1 Å². The first-order chi connectivity index (χ1) is 12.6. The van der Waals surface area contributed by atoms with E-state index in [0.717, 1.165) is 36.1 Å². The highest BCUT2D eigenvalue weighted by molar-refractivity contribution is 5.95. The van der Waals surface area contributed by atoms with Crippen LogP contribution < -0.4 is 10.9 Å². The lowest BCUT2D eigenvalue weighted by molar-refractivity contribution is 0.0950. The fourth-order valence-electron chi connectivity index (χ4n) is 3.25. The molecule has 0 saturated heterocycles. The van der Waals surface area contributed by atoms with Crippen LogP contribution in [0.25, 0.3) is 5.95 Å². The standard InChI is InChI=1S/C19H19N5O2/c1-12-15(17(25)20-10-13-6-3-2-4-7-13)11-21-24(12)19-22-16-9-5-8-14(16)18(26)23-19/h2-4,6-7,11H,5,8-10H2,1H3,(H,20,25)(H,22,23,26). The Morgan fingerprint density at radius 1 is 1.27 bits per heavy atom. The van der Waals surface area contributed by atoms with Crippen molar-refractivity contribution in [3.63, 3.8) is 0 Å². The molecule has 3 aromatic rings. The Morgan fingerprint density at radius 3 is 2.88 bits per heavy atom. The average Bonchev–Trinajstić information content (AvgIpc) is 3.27. The van der Waals surface area contributed by atoms with Crippen LogP contribution >= 0.6 is 0 Å². The van der Waals surface area contributed by atoms with Crippen LogP contribution in [0, 0.1) is 6.92 Å². The molecule has 0 bridgehead atoms. The molecule has 0 atom stereocenters. The molecule has 2 heterocycles. The molecule has 0 spiro atoms. The van der Waals surface area contributed by atoms with Crippen LogP contribution in [0.2, 0.25) is 0 Å². The lowest BCUT2D eigenvalue weighted by atomic mass is 10.2. The minimum atomic E-state index is -0.207. The summed E-state index contributed by atoms with van der Waals surface area (Å²) in [7, 11) is 0. The Hall–Kier alpha value is -3.22. The number of nitrogens with zero attached hydrogens (tertiary/aromatic N) is 3. The molecule has 132 valence electrons. The molecule has 0 radical (unpaired) electrons. The van der Waals surface area contributed by atoms with Gasteiger partial charge in [-0.1, -0.05) is 30.3 Å². The zero-order valence-corrected chi connectivity index (χ0v) is 14.5. The van der Waals surface area contributed by atoms with Crippen LogP contribution in [0.4, 0.5) is 0 Å². The van der Waals surface area contributed by atoms with Gasteiger partial charge in [-0.05, 0) is 31.7 Å². The molecule has 2 aromatic heterocycles. The van der Waals surface area contributed by atoms with Crippen LogP contribution in [0.1, 0.15) is 39.3 Å². The molecule has 4 rings (SSSR count). The van der Waals surface area contributed by atoms with Crippen molar-refractivity contribution in [2.75, 3.05) is 0 Å². The Labute approximate surface area is 150 Å². The van der Waals surface area contributed by atoms with Crippen molar-refractivity contribution < 1.29 is 4.79 Å². The van der Waals surface area contributed by atoms with Crippen molar-refractivity contribution >= 4 is 5.91 Å². The Kier molecular flexibility index (Phi) is 4.12. The fourth-order valence-corrected chi connectivity index (χ4v) is 3.25. The lowest BCUT2D eigenvalue weighted by Gasteiger charge is -2.07. The fraction of sp³-hybridized carbons (Fsp3) is 0.263. The summed E-state index contributed by atoms with van der Waals surface area (Å²) in [6, 6.07) is 9.71. The van der Waals surface area contributed by atoms with E-state index in [1.165, 1.54) is 10.9 Å². The molecule has 0 fully saturated rings. The van der Waals surface area contributed by atoms with E-state index in [1.54, 1.807) is 6.92 Å². The van der Waals surface area contributed by atoms with Crippen molar-refractivity contribution in [3.8, 4) is 5.95 Å².